The Hall–Kier alpha value is -1.69. The van der Waals surface area contributed by atoms with Crippen LogP contribution in [0.3, 0.4) is 0 Å². The van der Waals surface area contributed by atoms with Crippen LogP contribution in [0, 0.1) is 0 Å². The van der Waals surface area contributed by atoms with Gasteiger partial charge < -0.3 is 9.84 Å². The second kappa shape index (κ2) is 6.90. The minimum Gasteiger partial charge on any atom is -0.396 e. The minimum absolute atomic E-state index is 0.0326. The summed E-state index contributed by atoms with van der Waals surface area (Å²) in [5.41, 5.74) is 8.87. The quantitative estimate of drug-likeness (QED) is 0.462. The number of ether oxygens (including phenoxy) is 1. The molecule has 7 heteroatoms. The van der Waals surface area contributed by atoms with Crippen molar-refractivity contribution in [2.75, 3.05) is 13.2 Å². The van der Waals surface area contributed by atoms with Crippen LogP contribution in [0.4, 0.5) is 8.78 Å². The smallest absolute Gasteiger partial charge is 0.281 e. The zero-order valence-corrected chi connectivity index (χ0v) is 9.54. The highest BCUT2D eigenvalue weighted by Crippen LogP contribution is 2.22. The van der Waals surface area contributed by atoms with Crippen molar-refractivity contribution in [1.82, 2.24) is 0 Å². The first kappa shape index (κ1) is 14.4. The second-order valence-corrected chi connectivity index (χ2v) is 3.64. The Balaban J connectivity index is 2.48. The summed E-state index contributed by atoms with van der Waals surface area (Å²) >= 11 is 0. The fourth-order valence-corrected chi connectivity index (χ4v) is 1.29. The van der Waals surface area contributed by atoms with E-state index < -0.39 is 25.2 Å². The van der Waals surface area contributed by atoms with Crippen LogP contribution >= 0.6 is 0 Å². The van der Waals surface area contributed by atoms with Gasteiger partial charge in [0.05, 0.1) is 13.2 Å². The van der Waals surface area contributed by atoms with Gasteiger partial charge in [0.2, 0.25) is 0 Å². The molecule has 0 fully saturated rings. The topological polar surface area (TPSA) is 78.2 Å². The molecule has 1 atom stereocenters. The van der Waals surface area contributed by atoms with Gasteiger partial charge in [-0.3, -0.25) is 0 Å². The second-order valence-electron chi connectivity index (χ2n) is 3.64. The lowest BCUT2D eigenvalue weighted by atomic mass is 10.2. The van der Waals surface area contributed by atoms with E-state index in [9.17, 15) is 8.78 Å². The first-order chi connectivity index (χ1) is 8.60. The average Bonchev–Trinajstić information content (AvgIpc) is 2.36. The molecular weight excluding hydrogens is 244 g/mol. The van der Waals surface area contributed by atoms with Gasteiger partial charge in [0.1, 0.15) is 12.6 Å². The largest absolute Gasteiger partial charge is 0.396 e. The molecule has 0 unspecified atom stereocenters. The summed E-state index contributed by atoms with van der Waals surface area (Å²) in [6.45, 7) is -1.80. The highest BCUT2D eigenvalue weighted by atomic mass is 19.3. The van der Waals surface area contributed by atoms with Gasteiger partial charge >= 0.3 is 0 Å². The van der Waals surface area contributed by atoms with Gasteiger partial charge in [-0.25, -0.2) is 8.78 Å². The number of hydrogen-bond donors (Lipinski definition) is 1. The maximum Gasteiger partial charge on any atom is 0.281 e. The molecule has 1 rings (SSSR count). The van der Waals surface area contributed by atoms with Crippen molar-refractivity contribution in [1.29, 1.82) is 0 Å². The molecule has 0 aliphatic carbocycles. The third-order valence-electron chi connectivity index (χ3n) is 2.26. The summed E-state index contributed by atoms with van der Waals surface area (Å²) in [6.07, 6.45) is 0. The zero-order chi connectivity index (χ0) is 13.4. The lowest BCUT2D eigenvalue weighted by Gasteiger charge is -2.21. The molecule has 0 radical (unpaired) electrons. The lowest BCUT2D eigenvalue weighted by molar-refractivity contribution is -0.105. The molecule has 0 amide bonds. The van der Waals surface area contributed by atoms with Crippen molar-refractivity contribution in [2.45, 2.75) is 18.6 Å². The molecule has 1 aromatic carbocycles. The number of azide groups is 1. The fourth-order valence-electron chi connectivity index (χ4n) is 1.29. The van der Waals surface area contributed by atoms with Gasteiger partial charge in [-0.2, -0.15) is 0 Å². The molecule has 0 aliphatic heterocycles. The number of nitrogens with zero attached hydrogens (tertiary/aromatic N) is 3. The molecule has 1 aromatic rings. The third kappa shape index (κ3) is 4.29. The summed E-state index contributed by atoms with van der Waals surface area (Å²) < 4.78 is 31.7. The Morgan fingerprint density at radius 2 is 2.06 bits per heavy atom. The van der Waals surface area contributed by atoms with Crippen LogP contribution in [-0.2, 0) is 11.3 Å². The summed E-state index contributed by atoms with van der Waals surface area (Å²) in [6, 6.07) is 7.03. The van der Waals surface area contributed by atoms with E-state index in [1.54, 1.807) is 24.3 Å². The molecular formula is C11H13F2N3O2. The number of rotatable bonds is 7. The molecule has 1 N–H and O–H groups in total. The number of benzene rings is 1. The van der Waals surface area contributed by atoms with Gasteiger partial charge in [0.15, 0.2) is 0 Å². The molecule has 98 valence electrons. The number of hydrogen-bond acceptors (Lipinski definition) is 3. The molecule has 0 bridgehead atoms. The normalized spacial score (nSPS) is 12.8. The SMILES string of the molecule is [N-]=[N+]=N[C@H](CO)C(F)(F)COCc1ccccc1. The first-order valence-electron chi connectivity index (χ1n) is 5.24. The Kier molecular flexibility index (Phi) is 5.51. The van der Waals surface area contributed by atoms with Crippen molar-refractivity contribution in [2.24, 2.45) is 5.11 Å². The zero-order valence-electron chi connectivity index (χ0n) is 9.54. The van der Waals surface area contributed by atoms with E-state index in [-0.39, 0.29) is 6.61 Å². The fraction of sp³-hybridized carbons (Fsp3) is 0.455. The predicted octanol–water partition coefficient (Wildman–Crippen LogP) is 2.51. The third-order valence-corrected chi connectivity index (χ3v) is 2.26. The minimum atomic E-state index is -3.39. The molecule has 5 nitrogen and oxygen atoms in total. The van der Waals surface area contributed by atoms with Gasteiger partial charge in [-0.05, 0) is 11.1 Å². The number of aliphatic hydroxyl groups is 1. The summed E-state index contributed by atoms with van der Waals surface area (Å²) in [5.74, 6) is -3.39. The van der Waals surface area contributed by atoms with E-state index in [2.05, 4.69) is 10.0 Å². The lowest BCUT2D eigenvalue weighted by Crippen LogP contribution is -2.39. The van der Waals surface area contributed by atoms with Crippen LogP contribution in [-0.4, -0.2) is 30.3 Å². The van der Waals surface area contributed by atoms with Crippen LogP contribution in [0.15, 0.2) is 35.4 Å². The van der Waals surface area contributed by atoms with Crippen molar-refractivity contribution in [3.8, 4) is 0 Å². The molecule has 18 heavy (non-hydrogen) atoms. The van der Waals surface area contributed by atoms with Crippen LogP contribution in [0.2, 0.25) is 0 Å². The van der Waals surface area contributed by atoms with Gasteiger partial charge in [-0.15, -0.1) is 0 Å². The first-order valence-corrected chi connectivity index (χ1v) is 5.24. The van der Waals surface area contributed by atoms with Crippen molar-refractivity contribution < 1.29 is 18.6 Å². The maximum atomic E-state index is 13.4. The number of halogens is 2. The van der Waals surface area contributed by atoms with Crippen LogP contribution in [0.25, 0.3) is 10.4 Å². The van der Waals surface area contributed by atoms with Crippen LogP contribution in [0.5, 0.6) is 0 Å². The molecule has 0 saturated carbocycles. The highest BCUT2D eigenvalue weighted by molar-refractivity contribution is 5.13. The van der Waals surface area contributed by atoms with Gasteiger partial charge in [0.25, 0.3) is 5.92 Å². The monoisotopic (exact) mass is 257 g/mol. The van der Waals surface area contributed by atoms with Gasteiger partial charge in [-0.1, -0.05) is 35.4 Å². The van der Waals surface area contributed by atoms with Crippen molar-refractivity contribution in [3.63, 3.8) is 0 Å². The van der Waals surface area contributed by atoms with Gasteiger partial charge in [0, 0.05) is 4.91 Å². The molecule has 0 heterocycles. The Morgan fingerprint density at radius 3 is 2.61 bits per heavy atom. The van der Waals surface area contributed by atoms with Crippen molar-refractivity contribution in [3.05, 3.63) is 46.3 Å². The molecule has 0 aromatic heterocycles. The van der Waals surface area contributed by atoms with E-state index in [4.69, 9.17) is 15.4 Å². The summed E-state index contributed by atoms with van der Waals surface area (Å²) in [7, 11) is 0. The standard InChI is InChI=1S/C11H13F2N3O2/c12-11(13,10(6-17)15-16-14)8-18-7-9-4-2-1-3-5-9/h1-5,10,17H,6-8H2/t10-/m1/s1. The summed E-state index contributed by atoms with van der Waals surface area (Å²) in [4.78, 5) is 2.27. The Bertz CT molecular complexity index is 408. The highest BCUT2D eigenvalue weighted by Gasteiger charge is 2.39. The predicted molar refractivity (Wildman–Crippen MR) is 61.1 cm³/mol. The maximum absolute atomic E-state index is 13.4. The van der Waals surface area contributed by atoms with Crippen LogP contribution in [0.1, 0.15) is 5.56 Å². The molecule has 0 aliphatic rings. The molecule has 0 saturated heterocycles. The van der Waals surface area contributed by atoms with Crippen molar-refractivity contribution >= 4 is 0 Å². The van der Waals surface area contributed by atoms with E-state index >= 15 is 0 Å². The Labute approximate surface area is 103 Å². The van der Waals surface area contributed by atoms with Crippen LogP contribution < -0.4 is 0 Å². The Morgan fingerprint density at radius 1 is 1.39 bits per heavy atom. The summed E-state index contributed by atoms with van der Waals surface area (Å²) in [5, 5.41) is 11.5. The average molecular weight is 257 g/mol. The van der Waals surface area contributed by atoms with E-state index in [1.807, 2.05) is 6.07 Å². The van der Waals surface area contributed by atoms with E-state index in [1.165, 1.54) is 0 Å². The van der Waals surface area contributed by atoms with E-state index in [0.29, 0.717) is 0 Å². The molecule has 0 spiro atoms. The van der Waals surface area contributed by atoms with E-state index in [0.717, 1.165) is 5.56 Å². The number of alkyl halides is 2. The number of aliphatic hydroxyl groups excluding tert-OH is 1.